The van der Waals surface area contributed by atoms with Crippen molar-refractivity contribution in [3.8, 4) is 22.6 Å². The average molecular weight is 387 g/mol. The predicted octanol–water partition coefficient (Wildman–Crippen LogP) is 1.70. The van der Waals surface area contributed by atoms with Gasteiger partial charge < -0.3 is 9.80 Å². The molecule has 4 aromatic heterocycles. The van der Waals surface area contributed by atoms with E-state index in [4.69, 9.17) is 4.98 Å². The fourth-order valence-corrected chi connectivity index (χ4v) is 3.47. The van der Waals surface area contributed by atoms with Crippen molar-refractivity contribution in [1.29, 1.82) is 0 Å². The topological polar surface area (TPSA) is 88.2 Å². The van der Waals surface area contributed by atoms with Gasteiger partial charge in [-0.1, -0.05) is 0 Å². The Morgan fingerprint density at radius 1 is 0.931 bits per heavy atom. The van der Waals surface area contributed by atoms with Crippen LogP contribution in [0.1, 0.15) is 5.69 Å². The van der Waals surface area contributed by atoms with Crippen LogP contribution in [0.25, 0.3) is 28.4 Å². The number of rotatable bonds is 3. The molecule has 0 N–H and O–H groups in total. The van der Waals surface area contributed by atoms with Crippen molar-refractivity contribution in [1.82, 2.24) is 39.4 Å². The maximum Gasteiger partial charge on any atom is 0.252 e. The molecule has 0 aromatic carbocycles. The molecule has 146 valence electrons. The summed E-state index contributed by atoms with van der Waals surface area (Å²) in [7, 11) is 2.14. The lowest BCUT2D eigenvalue weighted by Gasteiger charge is -2.32. The molecule has 1 saturated heterocycles. The summed E-state index contributed by atoms with van der Waals surface area (Å²) in [6, 6.07) is 5.71. The minimum atomic E-state index is 0.554. The minimum absolute atomic E-state index is 0.554. The summed E-state index contributed by atoms with van der Waals surface area (Å²) >= 11 is 0. The molecule has 1 fully saturated rings. The van der Waals surface area contributed by atoms with Crippen LogP contribution in [0.4, 0.5) is 5.95 Å². The number of aromatic nitrogens is 7. The van der Waals surface area contributed by atoms with E-state index in [0.29, 0.717) is 11.6 Å². The lowest BCUT2D eigenvalue weighted by molar-refractivity contribution is 0.311. The van der Waals surface area contributed by atoms with Crippen LogP contribution in [-0.4, -0.2) is 72.7 Å². The third-order valence-electron chi connectivity index (χ3n) is 5.23. The van der Waals surface area contributed by atoms with Gasteiger partial charge in [-0.05, 0) is 32.2 Å². The van der Waals surface area contributed by atoms with Crippen LogP contribution in [0.3, 0.4) is 0 Å². The van der Waals surface area contributed by atoms with Crippen LogP contribution in [0.2, 0.25) is 0 Å². The Morgan fingerprint density at radius 3 is 2.59 bits per heavy atom. The van der Waals surface area contributed by atoms with Gasteiger partial charge in [-0.2, -0.15) is 4.98 Å². The highest BCUT2D eigenvalue weighted by molar-refractivity contribution is 5.64. The lowest BCUT2D eigenvalue weighted by atomic mass is 10.2. The monoisotopic (exact) mass is 387 g/mol. The molecule has 0 unspecified atom stereocenters. The van der Waals surface area contributed by atoms with E-state index in [1.54, 1.807) is 16.9 Å². The van der Waals surface area contributed by atoms with Gasteiger partial charge in [-0.25, -0.2) is 19.5 Å². The first-order chi connectivity index (χ1) is 14.2. The number of hydrogen-bond acceptors (Lipinski definition) is 8. The second-order valence-electron chi connectivity index (χ2n) is 7.18. The summed E-state index contributed by atoms with van der Waals surface area (Å²) in [5.74, 6) is 1.91. The number of fused-ring (bicyclic) bond motifs is 1. The number of nitrogens with zero attached hydrogens (tertiary/aromatic N) is 9. The zero-order valence-corrected chi connectivity index (χ0v) is 16.4. The Labute approximate surface area is 168 Å². The molecule has 0 radical (unpaired) electrons. The minimum Gasteiger partial charge on any atom is -0.338 e. The third kappa shape index (κ3) is 3.29. The highest BCUT2D eigenvalue weighted by Crippen LogP contribution is 2.24. The number of likely N-dealkylation sites (N-methyl/N-ethyl adjacent to an activating group) is 1. The Balaban J connectivity index is 1.52. The molecular weight excluding hydrogens is 366 g/mol. The summed E-state index contributed by atoms with van der Waals surface area (Å²) < 4.78 is 1.76. The SMILES string of the molecule is Cc1c(-c2ccnc(N3CCN(C)CC3)n2)cnc2nc(-c3cccnc3)nn12. The van der Waals surface area contributed by atoms with Gasteiger partial charge in [0.2, 0.25) is 5.95 Å². The highest BCUT2D eigenvalue weighted by Gasteiger charge is 2.18. The van der Waals surface area contributed by atoms with Gasteiger partial charge in [0, 0.05) is 62.1 Å². The second kappa shape index (κ2) is 7.17. The zero-order chi connectivity index (χ0) is 19.8. The van der Waals surface area contributed by atoms with Gasteiger partial charge in [0.05, 0.1) is 11.4 Å². The first-order valence-corrected chi connectivity index (χ1v) is 9.59. The highest BCUT2D eigenvalue weighted by atomic mass is 15.3. The first kappa shape index (κ1) is 17.6. The largest absolute Gasteiger partial charge is 0.338 e. The van der Waals surface area contributed by atoms with E-state index < -0.39 is 0 Å². The molecule has 5 heterocycles. The van der Waals surface area contributed by atoms with Crippen molar-refractivity contribution in [2.45, 2.75) is 6.92 Å². The Kier molecular flexibility index (Phi) is 4.36. The molecule has 0 amide bonds. The maximum atomic E-state index is 4.81. The average Bonchev–Trinajstić information content (AvgIpc) is 3.21. The normalized spacial score (nSPS) is 15.2. The third-order valence-corrected chi connectivity index (χ3v) is 5.23. The smallest absolute Gasteiger partial charge is 0.252 e. The Hall–Kier alpha value is -3.46. The Bertz CT molecular complexity index is 1150. The molecule has 9 heteroatoms. The fraction of sp³-hybridized carbons (Fsp3) is 0.300. The van der Waals surface area contributed by atoms with Crippen LogP contribution in [0.5, 0.6) is 0 Å². The van der Waals surface area contributed by atoms with Gasteiger partial charge in [0.1, 0.15) is 0 Å². The molecule has 0 aliphatic carbocycles. The standard InChI is InChI=1S/C20H21N9/c1-14-16(17-5-7-22-19(24-17)28-10-8-27(2)9-11-28)13-23-20-25-18(26-29(14)20)15-4-3-6-21-12-15/h3-7,12-13H,8-11H2,1-2H3. The van der Waals surface area contributed by atoms with Crippen molar-refractivity contribution >= 4 is 11.7 Å². The van der Waals surface area contributed by atoms with Crippen molar-refractivity contribution in [3.05, 3.63) is 48.7 Å². The quantitative estimate of drug-likeness (QED) is 0.525. The van der Waals surface area contributed by atoms with E-state index in [-0.39, 0.29) is 0 Å². The van der Waals surface area contributed by atoms with E-state index in [2.05, 4.69) is 41.9 Å². The second-order valence-corrected chi connectivity index (χ2v) is 7.18. The molecule has 5 rings (SSSR count). The molecule has 0 bridgehead atoms. The van der Waals surface area contributed by atoms with Gasteiger partial charge in [-0.3, -0.25) is 4.98 Å². The summed E-state index contributed by atoms with van der Waals surface area (Å²) in [5, 5.41) is 4.63. The molecule has 9 nitrogen and oxygen atoms in total. The summed E-state index contributed by atoms with van der Waals surface area (Å²) in [6.45, 7) is 5.87. The molecular formula is C20H21N9. The molecule has 29 heavy (non-hydrogen) atoms. The van der Waals surface area contributed by atoms with Crippen LogP contribution in [0.15, 0.2) is 43.0 Å². The molecule has 4 aromatic rings. The van der Waals surface area contributed by atoms with Gasteiger partial charge in [0.25, 0.3) is 5.78 Å². The first-order valence-electron chi connectivity index (χ1n) is 9.59. The van der Waals surface area contributed by atoms with Crippen LogP contribution < -0.4 is 4.90 Å². The number of anilines is 1. The summed E-state index contributed by atoms with van der Waals surface area (Å²) in [4.78, 5) is 27.0. The Morgan fingerprint density at radius 2 is 1.79 bits per heavy atom. The molecule has 1 aliphatic rings. The molecule has 0 spiro atoms. The number of pyridine rings is 1. The number of hydrogen-bond donors (Lipinski definition) is 0. The predicted molar refractivity (Wildman–Crippen MR) is 109 cm³/mol. The van der Waals surface area contributed by atoms with Gasteiger partial charge in [0.15, 0.2) is 5.82 Å². The molecule has 0 atom stereocenters. The maximum absolute atomic E-state index is 4.81. The molecule has 1 aliphatic heterocycles. The van der Waals surface area contributed by atoms with Crippen molar-refractivity contribution in [2.75, 3.05) is 38.1 Å². The van der Waals surface area contributed by atoms with E-state index in [1.165, 1.54) is 0 Å². The van der Waals surface area contributed by atoms with Crippen LogP contribution >= 0.6 is 0 Å². The van der Waals surface area contributed by atoms with Crippen molar-refractivity contribution in [2.24, 2.45) is 0 Å². The van der Waals surface area contributed by atoms with Gasteiger partial charge >= 0.3 is 0 Å². The molecule has 0 saturated carbocycles. The van der Waals surface area contributed by atoms with Crippen LogP contribution in [0, 0.1) is 6.92 Å². The van der Waals surface area contributed by atoms with E-state index >= 15 is 0 Å². The van der Waals surface area contributed by atoms with Crippen LogP contribution in [-0.2, 0) is 0 Å². The summed E-state index contributed by atoms with van der Waals surface area (Å²) in [5.41, 5.74) is 3.54. The number of piperazine rings is 1. The van der Waals surface area contributed by atoms with E-state index in [1.807, 2.05) is 37.5 Å². The van der Waals surface area contributed by atoms with Gasteiger partial charge in [-0.15, -0.1) is 5.10 Å². The van der Waals surface area contributed by atoms with Crippen molar-refractivity contribution < 1.29 is 0 Å². The lowest BCUT2D eigenvalue weighted by Crippen LogP contribution is -2.45. The fourth-order valence-electron chi connectivity index (χ4n) is 3.47. The number of aryl methyl sites for hydroxylation is 1. The summed E-state index contributed by atoms with van der Waals surface area (Å²) in [6.07, 6.45) is 7.09. The zero-order valence-electron chi connectivity index (χ0n) is 16.4. The van der Waals surface area contributed by atoms with E-state index in [0.717, 1.165) is 54.6 Å². The van der Waals surface area contributed by atoms with E-state index in [9.17, 15) is 0 Å². The van der Waals surface area contributed by atoms with Crippen molar-refractivity contribution in [3.63, 3.8) is 0 Å².